The van der Waals surface area contributed by atoms with Crippen molar-refractivity contribution in [2.24, 2.45) is 5.73 Å². The van der Waals surface area contributed by atoms with Crippen LogP contribution < -0.4 is 10.6 Å². The maximum absolute atomic E-state index is 6.24. The molecule has 2 atom stereocenters. The molecule has 106 valence electrons. The Morgan fingerprint density at radius 3 is 3.15 bits per heavy atom. The van der Waals surface area contributed by atoms with E-state index in [1.807, 2.05) is 22.7 Å². The molecule has 2 aliphatic rings. The fourth-order valence-corrected chi connectivity index (χ4v) is 5.55. The van der Waals surface area contributed by atoms with Crippen LogP contribution in [0.2, 0.25) is 0 Å². The molecule has 20 heavy (non-hydrogen) atoms. The van der Waals surface area contributed by atoms with Crippen LogP contribution in [0.15, 0.2) is 11.4 Å². The van der Waals surface area contributed by atoms with E-state index in [1.165, 1.54) is 27.7 Å². The minimum Gasteiger partial charge on any atom is -0.341 e. The summed E-state index contributed by atoms with van der Waals surface area (Å²) >= 11 is 3.71. The highest BCUT2D eigenvalue weighted by Crippen LogP contribution is 2.41. The first-order valence-corrected chi connectivity index (χ1v) is 9.01. The third-order valence-corrected chi connectivity index (χ3v) is 6.77. The van der Waals surface area contributed by atoms with E-state index in [0.717, 1.165) is 25.8 Å². The van der Waals surface area contributed by atoms with Crippen molar-refractivity contribution in [3.63, 3.8) is 0 Å². The average Bonchev–Trinajstić information content (AvgIpc) is 3.06. The molecule has 3 heterocycles. The molecular formula is C15H19N3S2. The van der Waals surface area contributed by atoms with Gasteiger partial charge < -0.3 is 10.6 Å². The molecule has 2 aromatic rings. The molecule has 0 bridgehead atoms. The Hall–Kier alpha value is -0.910. The zero-order chi connectivity index (χ0) is 13.7. The van der Waals surface area contributed by atoms with Crippen LogP contribution in [0.3, 0.4) is 0 Å². The maximum Gasteiger partial charge on any atom is 0.186 e. The van der Waals surface area contributed by atoms with Crippen molar-refractivity contribution in [3.8, 4) is 0 Å². The van der Waals surface area contributed by atoms with Gasteiger partial charge in [-0.05, 0) is 49.6 Å². The lowest BCUT2D eigenvalue weighted by atomic mass is 9.99. The molecule has 2 unspecified atom stereocenters. The van der Waals surface area contributed by atoms with E-state index in [2.05, 4.69) is 23.3 Å². The Balaban J connectivity index is 1.69. The number of thiophene rings is 1. The lowest BCUT2D eigenvalue weighted by Crippen LogP contribution is -2.32. The molecule has 4 rings (SSSR count). The van der Waals surface area contributed by atoms with Gasteiger partial charge in [-0.1, -0.05) is 11.3 Å². The SMILES string of the molecule is CC1c2ccsc2CCN1c1nc2c(s1)C(N)CCC2. The quantitative estimate of drug-likeness (QED) is 0.874. The molecule has 3 nitrogen and oxygen atoms in total. The minimum atomic E-state index is 0.210. The van der Waals surface area contributed by atoms with Crippen LogP contribution in [-0.4, -0.2) is 11.5 Å². The molecule has 0 spiro atoms. The Morgan fingerprint density at radius 2 is 2.30 bits per heavy atom. The highest BCUT2D eigenvalue weighted by molar-refractivity contribution is 7.15. The van der Waals surface area contributed by atoms with Crippen molar-refractivity contribution in [2.75, 3.05) is 11.4 Å². The van der Waals surface area contributed by atoms with E-state index < -0.39 is 0 Å². The van der Waals surface area contributed by atoms with E-state index in [1.54, 1.807) is 4.88 Å². The number of hydrogen-bond acceptors (Lipinski definition) is 5. The number of nitrogens with zero attached hydrogens (tertiary/aromatic N) is 2. The normalized spacial score (nSPS) is 25.4. The molecule has 5 heteroatoms. The van der Waals surface area contributed by atoms with E-state index >= 15 is 0 Å². The molecule has 2 aromatic heterocycles. The first kappa shape index (κ1) is 12.8. The molecule has 0 amide bonds. The van der Waals surface area contributed by atoms with Gasteiger partial charge >= 0.3 is 0 Å². The van der Waals surface area contributed by atoms with Crippen LogP contribution in [0.25, 0.3) is 0 Å². The number of nitrogens with two attached hydrogens (primary N) is 1. The number of aromatic nitrogens is 1. The summed E-state index contributed by atoms with van der Waals surface area (Å²) in [7, 11) is 0. The molecule has 1 aliphatic heterocycles. The number of thiazole rings is 1. The second kappa shape index (κ2) is 4.83. The summed E-state index contributed by atoms with van der Waals surface area (Å²) in [6.07, 6.45) is 4.54. The van der Waals surface area contributed by atoms with Crippen molar-refractivity contribution in [1.29, 1.82) is 0 Å². The molecular weight excluding hydrogens is 286 g/mol. The largest absolute Gasteiger partial charge is 0.341 e. The van der Waals surface area contributed by atoms with Crippen LogP contribution >= 0.6 is 22.7 Å². The van der Waals surface area contributed by atoms with Gasteiger partial charge in [-0.3, -0.25) is 0 Å². The summed E-state index contributed by atoms with van der Waals surface area (Å²) in [6, 6.07) is 2.92. The predicted molar refractivity (Wildman–Crippen MR) is 85.8 cm³/mol. The van der Waals surface area contributed by atoms with Crippen LogP contribution in [0.5, 0.6) is 0 Å². The van der Waals surface area contributed by atoms with Gasteiger partial charge in [0.2, 0.25) is 0 Å². The Kier molecular flexibility index (Phi) is 3.09. The summed E-state index contributed by atoms with van der Waals surface area (Å²) in [5.41, 5.74) is 8.98. The first-order valence-electron chi connectivity index (χ1n) is 7.32. The van der Waals surface area contributed by atoms with Gasteiger partial charge in [0.05, 0.1) is 11.7 Å². The van der Waals surface area contributed by atoms with Crippen molar-refractivity contribution >= 4 is 27.8 Å². The second-order valence-electron chi connectivity index (χ2n) is 5.72. The van der Waals surface area contributed by atoms with E-state index in [4.69, 9.17) is 10.7 Å². The number of aryl methyl sites for hydroxylation is 1. The molecule has 0 saturated carbocycles. The van der Waals surface area contributed by atoms with Gasteiger partial charge in [-0.15, -0.1) is 11.3 Å². The molecule has 0 saturated heterocycles. The highest BCUT2D eigenvalue weighted by atomic mass is 32.1. The third-order valence-electron chi connectivity index (χ3n) is 4.50. The van der Waals surface area contributed by atoms with Crippen LogP contribution in [0, 0.1) is 0 Å². The zero-order valence-corrected chi connectivity index (χ0v) is 13.3. The number of fused-ring (bicyclic) bond motifs is 2. The topological polar surface area (TPSA) is 42.2 Å². The smallest absolute Gasteiger partial charge is 0.186 e. The molecule has 0 fully saturated rings. The summed E-state index contributed by atoms with van der Waals surface area (Å²) < 4.78 is 0. The van der Waals surface area contributed by atoms with Gasteiger partial charge in [0.15, 0.2) is 5.13 Å². The van der Waals surface area contributed by atoms with E-state index in [-0.39, 0.29) is 6.04 Å². The fourth-order valence-electron chi connectivity index (χ4n) is 3.33. The first-order chi connectivity index (χ1) is 9.74. The maximum atomic E-state index is 6.24. The van der Waals surface area contributed by atoms with Crippen LogP contribution in [0.1, 0.15) is 52.9 Å². The second-order valence-corrected chi connectivity index (χ2v) is 7.73. The third kappa shape index (κ3) is 1.91. The molecule has 2 N–H and O–H groups in total. The molecule has 0 aromatic carbocycles. The summed E-state index contributed by atoms with van der Waals surface area (Å²) in [4.78, 5) is 10.2. The average molecular weight is 305 g/mol. The highest BCUT2D eigenvalue weighted by Gasteiger charge is 2.29. The zero-order valence-electron chi connectivity index (χ0n) is 11.6. The molecule has 0 radical (unpaired) electrons. The Bertz CT molecular complexity index is 631. The van der Waals surface area contributed by atoms with Gasteiger partial charge in [-0.2, -0.15) is 0 Å². The Labute approximate surface area is 127 Å². The van der Waals surface area contributed by atoms with E-state index in [9.17, 15) is 0 Å². The minimum absolute atomic E-state index is 0.210. The van der Waals surface area contributed by atoms with Crippen LogP contribution in [0.4, 0.5) is 5.13 Å². The van der Waals surface area contributed by atoms with E-state index in [0.29, 0.717) is 6.04 Å². The number of hydrogen-bond donors (Lipinski definition) is 1. The lowest BCUT2D eigenvalue weighted by Gasteiger charge is -2.33. The van der Waals surface area contributed by atoms with Crippen molar-refractivity contribution in [1.82, 2.24) is 4.98 Å². The van der Waals surface area contributed by atoms with Crippen molar-refractivity contribution < 1.29 is 0 Å². The fraction of sp³-hybridized carbons (Fsp3) is 0.533. The number of anilines is 1. The Morgan fingerprint density at radius 1 is 1.40 bits per heavy atom. The number of rotatable bonds is 1. The summed E-state index contributed by atoms with van der Waals surface area (Å²) in [5, 5.41) is 3.39. The predicted octanol–water partition coefficient (Wildman–Crippen LogP) is 3.66. The van der Waals surface area contributed by atoms with Gasteiger partial charge in [0.25, 0.3) is 0 Å². The lowest BCUT2D eigenvalue weighted by molar-refractivity contribution is 0.572. The van der Waals surface area contributed by atoms with Gasteiger partial charge in [-0.25, -0.2) is 4.98 Å². The van der Waals surface area contributed by atoms with Gasteiger partial charge in [0, 0.05) is 22.3 Å². The standard InChI is InChI=1S/C15H19N3S2/c1-9-10-6-8-19-13(10)5-7-18(9)15-17-12-4-2-3-11(16)14(12)20-15/h6,8-9,11H,2-5,7,16H2,1H3. The van der Waals surface area contributed by atoms with Crippen molar-refractivity contribution in [3.05, 3.63) is 32.5 Å². The summed E-state index contributed by atoms with van der Waals surface area (Å²) in [5.74, 6) is 0. The van der Waals surface area contributed by atoms with Crippen LogP contribution in [-0.2, 0) is 12.8 Å². The van der Waals surface area contributed by atoms with Gasteiger partial charge in [0.1, 0.15) is 0 Å². The monoisotopic (exact) mass is 305 g/mol. The van der Waals surface area contributed by atoms with Crippen molar-refractivity contribution in [2.45, 2.75) is 44.7 Å². The molecule has 1 aliphatic carbocycles. The summed E-state index contributed by atoms with van der Waals surface area (Å²) in [6.45, 7) is 3.38.